The number of benzene rings is 2. The van der Waals surface area contributed by atoms with Crippen molar-refractivity contribution in [3.05, 3.63) is 72.4 Å². The van der Waals surface area contributed by atoms with Crippen molar-refractivity contribution in [2.24, 2.45) is 0 Å². The lowest BCUT2D eigenvalue weighted by atomic mass is 10.2. The predicted octanol–water partition coefficient (Wildman–Crippen LogP) is 3.54. The summed E-state index contributed by atoms with van der Waals surface area (Å²) >= 11 is 1.52. The Morgan fingerprint density at radius 2 is 2.00 bits per heavy atom. The first-order valence-corrected chi connectivity index (χ1v) is 10.3. The number of amides is 1. The number of thioether (sulfide) groups is 1. The van der Waals surface area contributed by atoms with Gasteiger partial charge >= 0.3 is 0 Å². The van der Waals surface area contributed by atoms with Gasteiger partial charge in [-0.2, -0.15) is 0 Å². The molecule has 148 valence electrons. The first kappa shape index (κ1) is 19.4. The molecular weight excluding hydrogens is 386 g/mol. The zero-order valence-corrected chi connectivity index (χ0v) is 16.6. The van der Waals surface area contributed by atoms with E-state index in [0.717, 1.165) is 15.8 Å². The largest absolute Gasteiger partial charge is 0.474 e. The molecule has 1 aliphatic heterocycles. The van der Waals surface area contributed by atoms with E-state index in [1.54, 1.807) is 11.0 Å². The first-order valence-electron chi connectivity index (χ1n) is 9.41. The highest BCUT2D eigenvalue weighted by Gasteiger charge is 2.24. The number of para-hydroxylation sites is 1. The number of aromatic nitrogens is 2. The van der Waals surface area contributed by atoms with Crippen molar-refractivity contribution in [2.45, 2.75) is 11.0 Å². The van der Waals surface area contributed by atoms with Gasteiger partial charge in [0.25, 0.3) is 0 Å². The smallest absolute Gasteiger partial charge is 0.247 e. The molecule has 0 radical (unpaired) electrons. The number of ether oxygens (including phenoxy) is 2. The molecule has 1 unspecified atom stereocenters. The van der Waals surface area contributed by atoms with Crippen LogP contribution in [0, 0.1) is 0 Å². The summed E-state index contributed by atoms with van der Waals surface area (Å²) in [4.78, 5) is 23.8. The van der Waals surface area contributed by atoms with Gasteiger partial charge < -0.3 is 14.4 Å². The zero-order chi connectivity index (χ0) is 19.9. The maximum absolute atomic E-state index is 12.5. The average molecular weight is 407 g/mol. The highest BCUT2D eigenvalue weighted by molar-refractivity contribution is 8.02. The number of nitrogens with zero attached hydrogens (tertiary/aromatic N) is 3. The number of hydrogen-bond acceptors (Lipinski definition) is 6. The molecule has 2 aromatic carbocycles. The molecule has 0 saturated carbocycles. The van der Waals surface area contributed by atoms with Gasteiger partial charge in [-0.25, -0.2) is 9.97 Å². The summed E-state index contributed by atoms with van der Waals surface area (Å²) in [6, 6.07) is 17.7. The molecule has 1 atom stereocenters. The van der Waals surface area contributed by atoms with Crippen molar-refractivity contribution in [3.63, 3.8) is 0 Å². The summed E-state index contributed by atoms with van der Waals surface area (Å²) < 4.78 is 11.7. The maximum Gasteiger partial charge on any atom is 0.247 e. The predicted molar refractivity (Wildman–Crippen MR) is 113 cm³/mol. The van der Waals surface area contributed by atoms with Gasteiger partial charge in [-0.3, -0.25) is 4.79 Å². The molecule has 1 aromatic heterocycles. The van der Waals surface area contributed by atoms with Crippen molar-refractivity contribution in [2.75, 3.05) is 26.3 Å². The highest BCUT2D eigenvalue weighted by Crippen LogP contribution is 2.21. The van der Waals surface area contributed by atoms with E-state index >= 15 is 0 Å². The zero-order valence-electron chi connectivity index (χ0n) is 15.8. The Bertz CT molecular complexity index is 992. The van der Waals surface area contributed by atoms with Gasteiger partial charge in [0, 0.05) is 17.5 Å². The van der Waals surface area contributed by atoms with Crippen LogP contribution < -0.4 is 4.74 Å². The molecule has 6 nitrogen and oxygen atoms in total. The summed E-state index contributed by atoms with van der Waals surface area (Å²) in [6.45, 7) is 1.88. The van der Waals surface area contributed by atoms with E-state index in [4.69, 9.17) is 9.47 Å². The Morgan fingerprint density at radius 3 is 2.90 bits per heavy atom. The van der Waals surface area contributed by atoms with Crippen molar-refractivity contribution in [3.8, 4) is 5.88 Å². The first-order chi connectivity index (χ1) is 14.3. The monoisotopic (exact) mass is 407 g/mol. The number of rotatable bonds is 6. The lowest BCUT2D eigenvalue weighted by molar-refractivity contribution is -0.134. The number of fused-ring (bicyclic) bond motifs is 1. The Kier molecular flexibility index (Phi) is 6.38. The normalized spacial score (nSPS) is 17.0. The Balaban J connectivity index is 1.31. The van der Waals surface area contributed by atoms with Crippen LogP contribution in [0.3, 0.4) is 0 Å². The lowest BCUT2D eigenvalue weighted by Gasteiger charge is -2.32. The van der Waals surface area contributed by atoms with Gasteiger partial charge in [-0.1, -0.05) is 42.1 Å². The van der Waals surface area contributed by atoms with Crippen LogP contribution in [0.4, 0.5) is 0 Å². The van der Waals surface area contributed by atoms with Crippen molar-refractivity contribution < 1.29 is 14.3 Å². The van der Waals surface area contributed by atoms with Crippen LogP contribution in [0.25, 0.3) is 10.9 Å². The molecule has 29 heavy (non-hydrogen) atoms. The van der Waals surface area contributed by atoms with Gasteiger partial charge in [-0.15, -0.1) is 0 Å². The van der Waals surface area contributed by atoms with Crippen molar-refractivity contribution >= 4 is 28.6 Å². The van der Waals surface area contributed by atoms with Crippen molar-refractivity contribution in [1.29, 1.82) is 0 Å². The van der Waals surface area contributed by atoms with Crippen LogP contribution in [0.2, 0.25) is 0 Å². The fourth-order valence-corrected chi connectivity index (χ4v) is 3.72. The summed E-state index contributed by atoms with van der Waals surface area (Å²) in [5, 5.41) is 2.69. The second-order valence-electron chi connectivity index (χ2n) is 6.52. The summed E-state index contributed by atoms with van der Waals surface area (Å²) in [5.74, 6) is 0.510. The average Bonchev–Trinajstić information content (AvgIpc) is 2.78. The van der Waals surface area contributed by atoms with Crippen LogP contribution in [0.1, 0.15) is 0 Å². The minimum Gasteiger partial charge on any atom is -0.474 e. The minimum atomic E-state index is -0.198. The molecule has 0 aliphatic carbocycles. The van der Waals surface area contributed by atoms with Gasteiger partial charge in [-0.05, 0) is 29.7 Å². The standard InChI is InChI=1S/C22H21N3O3S/c26-21(10-13-29-18-6-2-1-3-7-18)25-11-12-27-17(14-25)15-28-22-19-8-4-5-9-20(19)23-16-24-22/h1-10,13,16-17H,11-12,14-15H2. The summed E-state index contributed by atoms with van der Waals surface area (Å²) in [6.07, 6.45) is 2.90. The number of morpholine rings is 1. The SMILES string of the molecule is O=C(C=CSc1ccccc1)N1CCOC(COc2ncnc3ccccc23)C1. The van der Waals surface area contributed by atoms with E-state index in [0.29, 0.717) is 32.2 Å². The third-order valence-corrected chi connectivity index (χ3v) is 5.34. The molecule has 0 spiro atoms. The second-order valence-corrected chi connectivity index (χ2v) is 7.50. The van der Waals surface area contributed by atoms with E-state index in [9.17, 15) is 4.79 Å². The number of hydrogen-bond donors (Lipinski definition) is 0. The van der Waals surface area contributed by atoms with Crippen LogP contribution >= 0.6 is 11.8 Å². The molecule has 7 heteroatoms. The number of carbonyl (C=O) groups excluding carboxylic acids is 1. The fraction of sp³-hybridized carbons (Fsp3) is 0.227. The topological polar surface area (TPSA) is 64.6 Å². The van der Waals surface area contributed by atoms with E-state index in [2.05, 4.69) is 9.97 Å². The van der Waals surface area contributed by atoms with Crippen LogP contribution in [-0.4, -0.2) is 53.2 Å². The van der Waals surface area contributed by atoms with Crippen LogP contribution in [-0.2, 0) is 9.53 Å². The fourth-order valence-electron chi connectivity index (χ4n) is 3.06. The van der Waals surface area contributed by atoms with Crippen LogP contribution in [0.5, 0.6) is 5.88 Å². The Labute approximate surface area is 173 Å². The molecule has 1 fully saturated rings. The molecule has 1 amide bonds. The second kappa shape index (κ2) is 9.54. The molecule has 4 rings (SSSR count). The minimum absolute atomic E-state index is 0.0192. The van der Waals surface area contributed by atoms with E-state index in [1.165, 1.54) is 18.1 Å². The van der Waals surface area contributed by atoms with Gasteiger partial charge in [0.2, 0.25) is 11.8 Å². The lowest BCUT2D eigenvalue weighted by Crippen LogP contribution is -2.47. The van der Waals surface area contributed by atoms with Gasteiger partial charge in [0.15, 0.2) is 0 Å². The van der Waals surface area contributed by atoms with E-state index < -0.39 is 0 Å². The van der Waals surface area contributed by atoms with E-state index in [-0.39, 0.29) is 12.0 Å². The Hall–Kier alpha value is -2.90. The molecule has 2 heterocycles. The molecule has 3 aromatic rings. The van der Waals surface area contributed by atoms with Crippen molar-refractivity contribution in [1.82, 2.24) is 14.9 Å². The summed E-state index contributed by atoms with van der Waals surface area (Å²) in [5.41, 5.74) is 0.833. The maximum atomic E-state index is 12.5. The van der Waals surface area contributed by atoms with Gasteiger partial charge in [0.1, 0.15) is 19.0 Å². The van der Waals surface area contributed by atoms with Crippen LogP contribution in [0.15, 0.2) is 77.3 Å². The molecule has 1 aliphatic rings. The summed E-state index contributed by atoms with van der Waals surface area (Å²) in [7, 11) is 0. The van der Waals surface area contributed by atoms with Gasteiger partial charge in [0.05, 0.1) is 24.1 Å². The molecular formula is C22H21N3O3S. The third-order valence-electron chi connectivity index (χ3n) is 4.52. The molecule has 0 bridgehead atoms. The number of carbonyl (C=O) groups is 1. The highest BCUT2D eigenvalue weighted by atomic mass is 32.2. The molecule has 0 N–H and O–H groups in total. The third kappa shape index (κ3) is 5.13. The molecule has 1 saturated heterocycles. The Morgan fingerprint density at radius 1 is 1.17 bits per heavy atom. The quantitative estimate of drug-likeness (QED) is 0.460. The van der Waals surface area contributed by atoms with E-state index in [1.807, 2.05) is 60.0 Å².